The molecule has 0 N–H and O–H groups in total. The van der Waals surface area contributed by atoms with Crippen LogP contribution in [0.3, 0.4) is 0 Å². The van der Waals surface area contributed by atoms with E-state index in [4.69, 9.17) is 23.2 Å². The van der Waals surface area contributed by atoms with Crippen LogP contribution < -0.4 is 4.90 Å². The van der Waals surface area contributed by atoms with E-state index >= 15 is 0 Å². The summed E-state index contributed by atoms with van der Waals surface area (Å²) in [7, 11) is 0. The van der Waals surface area contributed by atoms with Gasteiger partial charge in [0.2, 0.25) is 5.91 Å². The zero-order valence-corrected chi connectivity index (χ0v) is 18.3. The van der Waals surface area contributed by atoms with E-state index in [9.17, 15) is 9.59 Å². The Balaban J connectivity index is 1.58. The second-order valence-electron chi connectivity index (χ2n) is 7.43. The molecular formula is C24H21Cl2N3O2. The van der Waals surface area contributed by atoms with E-state index in [1.54, 1.807) is 40.3 Å². The molecule has 0 radical (unpaired) electrons. The number of carbonyl (C=O) groups is 2. The molecule has 3 aromatic rings. The van der Waals surface area contributed by atoms with Crippen LogP contribution in [0.25, 0.3) is 0 Å². The first kappa shape index (κ1) is 21.3. The van der Waals surface area contributed by atoms with E-state index in [2.05, 4.69) is 4.98 Å². The van der Waals surface area contributed by atoms with Gasteiger partial charge in [0.05, 0.1) is 22.3 Å². The van der Waals surface area contributed by atoms with Crippen LogP contribution in [0.2, 0.25) is 10.0 Å². The average Bonchev–Trinajstić information content (AvgIpc) is 3.22. The van der Waals surface area contributed by atoms with Gasteiger partial charge in [-0.15, -0.1) is 0 Å². The van der Waals surface area contributed by atoms with Crippen LogP contribution in [0.1, 0.15) is 34.5 Å². The first-order valence-corrected chi connectivity index (χ1v) is 10.8. The summed E-state index contributed by atoms with van der Waals surface area (Å²) in [5.74, 6) is -0.00787. The molecule has 158 valence electrons. The summed E-state index contributed by atoms with van der Waals surface area (Å²) in [6.07, 6.45) is 3.14. The van der Waals surface area contributed by atoms with Crippen LogP contribution in [-0.2, 0) is 17.9 Å². The van der Waals surface area contributed by atoms with Crippen molar-refractivity contribution in [2.24, 2.45) is 0 Å². The van der Waals surface area contributed by atoms with Gasteiger partial charge in [-0.25, -0.2) is 0 Å². The molecule has 0 aliphatic carbocycles. The van der Waals surface area contributed by atoms with E-state index in [0.29, 0.717) is 35.1 Å². The van der Waals surface area contributed by atoms with E-state index in [1.807, 2.05) is 36.4 Å². The molecule has 0 bridgehead atoms. The number of hydrogen-bond donors (Lipinski definition) is 0. The van der Waals surface area contributed by atoms with Crippen molar-refractivity contribution in [2.45, 2.75) is 25.9 Å². The predicted octanol–water partition coefficient (Wildman–Crippen LogP) is 5.36. The second kappa shape index (κ2) is 9.50. The third-order valence-electron chi connectivity index (χ3n) is 5.22. The quantitative estimate of drug-likeness (QED) is 0.504. The van der Waals surface area contributed by atoms with Crippen molar-refractivity contribution in [3.63, 3.8) is 0 Å². The first-order valence-electron chi connectivity index (χ1n) is 10.0. The van der Waals surface area contributed by atoms with E-state index in [0.717, 1.165) is 29.9 Å². The number of pyridine rings is 1. The molecule has 2 amide bonds. The number of rotatable bonds is 6. The molecule has 1 fully saturated rings. The maximum Gasteiger partial charge on any atom is 0.254 e. The monoisotopic (exact) mass is 453 g/mol. The Morgan fingerprint density at radius 1 is 1.00 bits per heavy atom. The van der Waals surface area contributed by atoms with Gasteiger partial charge < -0.3 is 9.80 Å². The lowest BCUT2D eigenvalue weighted by Gasteiger charge is -2.23. The summed E-state index contributed by atoms with van der Waals surface area (Å²) >= 11 is 12.2. The standard InChI is InChI=1S/C24H21Cl2N3O2/c25-21-11-6-17(14-22(21)26)15-28(16-19-4-1-2-12-27-19)24(31)18-7-9-20(10-8-18)29-13-3-5-23(29)30/h1-2,4,6-12,14H,3,5,13,15-16H2. The fraction of sp³-hybridized carbons (Fsp3) is 0.208. The number of anilines is 1. The zero-order valence-electron chi connectivity index (χ0n) is 16.8. The summed E-state index contributed by atoms with van der Waals surface area (Å²) in [6, 6.07) is 18.2. The second-order valence-corrected chi connectivity index (χ2v) is 8.24. The SMILES string of the molecule is O=C(c1ccc(N2CCCC2=O)cc1)N(Cc1ccc(Cl)c(Cl)c1)Cc1ccccn1. The zero-order chi connectivity index (χ0) is 21.8. The summed E-state index contributed by atoms with van der Waals surface area (Å²) in [4.78, 5) is 33.2. The molecule has 0 spiro atoms. The normalized spacial score (nSPS) is 13.5. The van der Waals surface area contributed by atoms with Crippen molar-refractivity contribution in [2.75, 3.05) is 11.4 Å². The third-order valence-corrected chi connectivity index (χ3v) is 5.96. The number of hydrogen-bond acceptors (Lipinski definition) is 3. The van der Waals surface area contributed by atoms with Crippen molar-refractivity contribution in [1.82, 2.24) is 9.88 Å². The molecule has 1 aromatic heterocycles. The fourth-order valence-electron chi connectivity index (χ4n) is 3.63. The maximum atomic E-state index is 13.4. The highest BCUT2D eigenvalue weighted by Crippen LogP contribution is 2.25. The molecule has 0 atom stereocenters. The van der Waals surface area contributed by atoms with Crippen LogP contribution in [-0.4, -0.2) is 28.2 Å². The van der Waals surface area contributed by atoms with Gasteiger partial charge in [0.1, 0.15) is 0 Å². The van der Waals surface area contributed by atoms with Gasteiger partial charge >= 0.3 is 0 Å². The largest absolute Gasteiger partial charge is 0.328 e. The molecule has 2 heterocycles. The lowest BCUT2D eigenvalue weighted by molar-refractivity contribution is -0.117. The molecule has 1 saturated heterocycles. The van der Waals surface area contributed by atoms with Gasteiger partial charge in [-0.1, -0.05) is 35.3 Å². The molecule has 4 rings (SSSR count). The summed E-state index contributed by atoms with van der Waals surface area (Å²) in [5.41, 5.74) is 3.03. The first-order chi connectivity index (χ1) is 15.0. The van der Waals surface area contributed by atoms with Crippen molar-refractivity contribution in [3.8, 4) is 0 Å². The topological polar surface area (TPSA) is 53.5 Å². The van der Waals surface area contributed by atoms with E-state index in [-0.39, 0.29) is 11.8 Å². The highest BCUT2D eigenvalue weighted by atomic mass is 35.5. The van der Waals surface area contributed by atoms with Gasteiger partial charge in [-0.05, 0) is 60.5 Å². The van der Waals surface area contributed by atoms with Crippen molar-refractivity contribution < 1.29 is 9.59 Å². The Bertz CT molecular complexity index is 1090. The lowest BCUT2D eigenvalue weighted by Crippen LogP contribution is -2.30. The van der Waals surface area contributed by atoms with Crippen LogP contribution in [0, 0.1) is 0 Å². The van der Waals surface area contributed by atoms with Crippen molar-refractivity contribution in [3.05, 3.63) is 93.7 Å². The number of carbonyl (C=O) groups excluding carboxylic acids is 2. The highest BCUT2D eigenvalue weighted by molar-refractivity contribution is 6.42. The molecular weight excluding hydrogens is 433 g/mol. The molecule has 5 nitrogen and oxygen atoms in total. The highest BCUT2D eigenvalue weighted by Gasteiger charge is 2.23. The minimum absolute atomic E-state index is 0.121. The molecule has 0 unspecified atom stereocenters. The lowest BCUT2D eigenvalue weighted by atomic mass is 10.1. The number of nitrogens with zero attached hydrogens (tertiary/aromatic N) is 3. The molecule has 0 saturated carbocycles. The molecule has 1 aliphatic rings. The Morgan fingerprint density at radius 2 is 1.81 bits per heavy atom. The minimum Gasteiger partial charge on any atom is -0.328 e. The predicted molar refractivity (Wildman–Crippen MR) is 122 cm³/mol. The average molecular weight is 454 g/mol. The van der Waals surface area contributed by atoms with Crippen molar-refractivity contribution >= 4 is 40.7 Å². The van der Waals surface area contributed by atoms with Gasteiger partial charge in [0.25, 0.3) is 5.91 Å². The third kappa shape index (κ3) is 5.06. The van der Waals surface area contributed by atoms with Crippen LogP contribution in [0.4, 0.5) is 5.69 Å². The number of halogens is 2. The van der Waals surface area contributed by atoms with Crippen LogP contribution in [0.15, 0.2) is 66.9 Å². The molecule has 7 heteroatoms. The van der Waals surface area contributed by atoms with Gasteiger partial charge in [0, 0.05) is 37.0 Å². The Kier molecular flexibility index (Phi) is 6.54. The number of aromatic nitrogens is 1. The van der Waals surface area contributed by atoms with Crippen LogP contribution >= 0.6 is 23.2 Å². The number of amides is 2. The van der Waals surface area contributed by atoms with E-state index < -0.39 is 0 Å². The van der Waals surface area contributed by atoms with Crippen LogP contribution in [0.5, 0.6) is 0 Å². The minimum atomic E-state index is -0.129. The smallest absolute Gasteiger partial charge is 0.254 e. The Labute approximate surface area is 191 Å². The Morgan fingerprint density at radius 3 is 2.45 bits per heavy atom. The van der Waals surface area contributed by atoms with Gasteiger partial charge in [-0.2, -0.15) is 0 Å². The maximum absolute atomic E-state index is 13.4. The molecule has 31 heavy (non-hydrogen) atoms. The van der Waals surface area contributed by atoms with Gasteiger partial charge in [0.15, 0.2) is 0 Å². The van der Waals surface area contributed by atoms with Crippen molar-refractivity contribution in [1.29, 1.82) is 0 Å². The van der Waals surface area contributed by atoms with E-state index in [1.165, 1.54) is 0 Å². The summed E-state index contributed by atoms with van der Waals surface area (Å²) < 4.78 is 0. The fourth-order valence-corrected chi connectivity index (χ4v) is 3.95. The van der Waals surface area contributed by atoms with Gasteiger partial charge in [-0.3, -0.25) is 14.6 Å². The molecule has 2 aromatic carbocycles. The summed E-state index contributed by atoms with van der Waals surface area (Å²) in [6.45, 7) is 1.43. The number of benzene rings is 2. The summed E-state index contributed by atoms with van der Waals surface area (Å²) in [5, 5.41) is 0.920. The molecule has 1 aliphatic heterocycles. The Hall–Kier alpha value is -2.89.